The third kappa shape index (κ3) is 12.7. The Labute approximate surface area is 237 Å². The number of hydrogen-bond donors (Lipinski definition) is 1. The molecule has 2 aromatic heterocycles. The zero-order valence-corrected chi connectivity index (χ0v) is 24.2. The van der Waals surface area contributed by atoms with Crippen LogP contribution in [0.5, 0.6) is 0 Å². The molecule has 0 spiro atoms. The molecule has 1 aromatic carbocycles. The van der Waals surface area contributed by atoms with Crippen molar-refractivity contribution in [2.75, 3.05) is 0 Å². The molecule has 38 heavy (non-hydrogen) atoms. The number of nitrogens with zero attached hydrogens (tertiary/aromatic N) is 4. The molecule has 208 valence electrons. The number of unbranched alkanes of at least 4 members (excludes halogenated alkanes) is 13. The lowest BCUT2D eigenvalue weighted by molar-refractivity contribution is 0.535. The molecule has 6 heteroatoms. The van der Waals surface area contributed by atoms with Gasteiger partial charge in [-0.05, 0) is 42.2 Å². The van der Waals surface area contributed by atoms with E-state index in [0.717, 1.165) is 17.5 Å². The Morgan fingerprint density at radius 3 is 1.74 bits per heavy atom. The normalized spacial score (nSPS) is 10.8. The Bertz CT molecular complexity index is 995. The number of halogens is 1. The van der Waals surface area contributed by atoms with Crippen molar-refractivity contribution in [2.45, 2.75) is 103 Å². The van der Waals surface area contributed by atoms with Crippen molar-refractivity contribution in [3.05, 3.63) is 72.6 Å². The topological polar surface area (TPSA) is 85.5 Å². The third-order valence-electron chi connectivity index (χ3n) is 6.78. The molecule has 0 unspecified atom stereocenters. The van der Waals surface area contributed by atoms with Crippen molar-refractivity contribution < 1.29 is 0 Å². The van der Waals surface area contributed by atoms with Crippen LogP contribution in [0.4, 0.5) is 11.6 Å². The standard InChI is InChI=1S/C32H44N4.ClH.H3N/c1-2-3-4-5-6-7-8-9-10-11-12-13-14-16-23-29-25-27-34-32(31(29)28-21-17-15-18-22-28)36-35-30-24-19-20-26-33-30;;/h15,17-22,24-27H,2-14,16,23H2,1H3;1H;1H3. The summed E-state index contributed by atoms with van der Waals surface area (Å²) in [5.74, 6) is 1.26. The molecule has 0 radical (unpaired) electrons. The van der Waals surface area contributed by atoms with E-state index in [1.54, 1.807) is 6.20 Å². The second kappa shape index (κ2) is 21.3. The molecule has 0 amide bonds. The second-order valence-corrected chi connectivity index (χ2v) is 9.77. The van der Waals surface area contributed by atoms with Crippen LogP contribution in [0.15, 0.2) is 77.2 Å². The lowest BCUT2D eigenvalue weighted by Crippen LogP contribution is -1.94. The summed E-state index contributed by atoms with van der Waals surface area (Å²) in [6, 6.07) is 18.2. The van der Waals surface area contributed by atoms with E-state index in [4.69, 9.17) is 0 Å². The molecule has 3 aromatic rings. The molecule has 0 atom stereocenters. The number of hydrogen-bond acceptors (Lipinski definition) is 5. The van der Waals surface area contributed by atoms with Crippen molar-refractivity contribution >= 4 is 24.0 Å². The maximum atomic E-state index is 4.56. The first-order valence-electron chi connectivity index (χ1n) is 14.2. The van der Waals surface area contributed by atoms with Crippen LogP contribution < -0.4 is 6.15 Å². The predicted molar refractivity (Wildman–Crippen MR) is 164 cm³/mol. The Kier molecular flexibility index (Phi) is 18.7. The summed E-state index contributed by atoms with van der Waals surface area (Å²) >= 11 is 0. The van der Waals surface area contributed by atoms with Gasteiger partial charge in [-0.1, -0.05) is 127 Å². The summed E-state index contributed by atoms with van der Waals surface area (Å²) in [5.41, 5.74) is 3.53. The molecular weight excluding hydrogens is 490 g/mol. The minimum atomic E-state index is 0. The average molecular weight is 538 g/mol. The molecular formula is C32H48ClN5. The van der Waals surface area contributed by atoms with Crippen LogP contribution in [-0.4, -0.2) is 9.97 Å². The highest BCUT2D eigenvalue weighted by molar-refractivity contribution is 5.85. The largest absolute Gasteiger partial charge is 0.344 e. The first-order valence-corrected chi connectivity index (χ1v) is 14.2. The van der Waals surface area contributed by atoms with Gasteiger partial charge in [0.05, 0.1) is 0 Å². The number of aromatic nitrogens is 2. The summed E-state index contributed by atoms with van der Waals surface area (Å²) in [7, 11) is 0. The summed E-state index contributed by atoms with van der Waals surface area (Å²) in [6.45, 7) is 2.29. The molecule has 0 saturated heterocycles. The molecule has 0 aliphatic heterocycles. The maximum absolute atomic E-state index is 4.56. The number of azo groups is 1. The van der Waals surface area contributed by atoms with E-state index in [9.17, 15) is 0 Å². The Morgan fingerprint density at radius 2 is 1.16 bits per heavy atom. The highest BCUT2D eigenvalue weighted by Crippen LogP contribution is 2.33. The number of aryl methyl sites for hydroxylation is 1. The first kappa shape index (κ1) is 33.4. The Hall–Kier alpha value is -2.63. The third-order valence-corrected chi connectivity index (χ3v) is 6.78. The molecule has 5 nitrogen and oxygen atoms in total. The molecule has 3 rings (SSSR count). The summed E-state index contributed by atoms with van der Waals surface area (Å²) in [4.78, 5) is 8.81. The summed E-state index contributed by atoms with van der Waals surface area (Å²) in [6.07, 6.45) is 23.9. The highest BCUT2D eigenvalue weighted by Gasteiger charge is 2.12. The number of benzene rings is 1. The predicted octanol–water partition coefficient (Wildman–Crippen LogP) is 11.2. The molecule has 0 saturated carbocycles. The van der Waals surface area contributed by atoms with Crippen LogP contribution in [0.25, 0.3) is 11.1 Å². The molecule has 0 bridgehead atoms. The van der Waals surface area contributed by atoms with Crippen molar-refractivity contribution in [1.82, 2.24) is 16.1 Å². The fraction of sp³-hybridized carbons (Fsp3) is 0.500. The van der Waals surface area contributed by atoms with E-state index in [1.165, 1.54) is 95.5 Å². The molecule has 0 fully saturated rings. The van der Waals surface area contributed by atoms with Gasteiger partial charge in [-0.3, -0.25) is 0 Å². The van der Waals surface area contributed by atoms with E-state index in [0.29, 0.717) is 11.6 Å². The smallest absolute Gasteiger partial charge is 0.182 e. The quantitative estimate of drug-likeness (QED) is 0.129. The highest BCUT2D eigenvalue weighted by atomic mass is 35.5. The van der Waals surface area contributed by atoms with Gasteiger partial charge in [0.2, 0.25) is 0 Å². The second-order valence-electron chi connectivity index (χ2n) is 9.77. The molecule has 0 aliphatic carbocycles. The van der Waals surface area contributed by atoms with Crippen molar-refractivity contribution in [1.29, 1.82) is 0 Å². The van der Waals surface area contributed by atoms with Gasteiger partial charge in [0.1, 0.15) is 0 Å². The summed E-state index contributed by atoms with van der Waals surface area (Å²) in [5, 5.41) is 8.81. The maximum Gasteiger partial charge on any atom is 0.182 e. The fourth-order valence-corrected chi connectivity index (χ4v) is 4.71. The van der Waals surface area contributed by atoms with Gasteiger partial charge in [0, 0.05) is 18.0 Å². The van der Waals surface area contributed by atoms with Gasteiger partial charge in [0.25, 0.3) is 0 Å². The van der Waals surface area contributed by atoms with Crippen LogP contribution >= 0.6 is 12.4 Å². The van der Waals surface area contributed by atoms with E-state index >= 15 is 0 Å². The van der Waals surface area contributed by atoms with Crippen LogP contribution in [-0.2, 0) is 6.42 Å². The van der Waals surface area contributed by atoms with Crippen molar-refractivity contribution in [2.24, 2.45) is 10.2 Å². The first-order chi connectivity index (χ1) is 17.9. The Morgan fingerprint density at radius 1 is 0.579 bits per heavy atom. The fourth-order valence-electron chi connectivity index (χ4n) is 4.71. The van der Waals surface area contributed by atoms with E-state index in [-0.39, 0.29) is 18.6 Å². The van der Waals surface area contributed by atoms with E-state index < -0.39 is 0 Å². The molecule has 3 N–H and O–H groups in total. The number of pyridine rings is 2. The minimum Gasteiger partial charge on any atom is -0.344 e. The van der Waals surface area contributed by atoms with Crippen LogP contribution in [0, 0.1) is 0 Å². The van der Waals surface area contributed by atoms with Crippen LogP contribution in [0.2, 0.25) is 0 Å². The van der Waals surface area contributed by atoms with Gasteiger partial charge in [-0.25, -0.2) is 9.97 Å². The van der Waals surface area contributed by atoms with Gasteiger partial charge < -0.3 is 6.15 Å². The Balaban J connectivity index is 0.00000361. The summed E-state index contributed by atoms with van der Waals surface area (Å²) < 4.78 is 0. The van der Waals surface area contributed by atoms with E-state index in [1.807, 2.05) is 30.5 Å². The van der Waals surface area contributed by atoms with Gasteiger partial charge in [-0.15, -0.1) is 22.6 Å². The van der Waals surface area contributed by atoms with Crippen LogP contribution in [0.1, 0.15) is 102 Å². The zero-order valence-electron chi connectivity index (χ0n) is 23.4. The minimum absolute atomic E-state index is 0. The van der Waals surface area contributed by atoms with Crippen LogP contribution in [0.3, 0.4) is 0 Å². The monoisotopic (exact) mass is 537 g/mol. The molecule has 0 aliphatic rings. The zero-order chi connectivity index (χ0) is 25.1. The van der Waals surface area contributed by atoms with Gasteiger partial charge in [0.15, 0.2) is 11.6 Å². The lowest BCUT2D eigenvalue weighted by Gasteiger charge is -2.11. The van der Waals surface area contributed by atoms with Gasteiger partial charge in [-0.2, -0.15) is 0 Å². The van der Waals surface area contributed by atoms with Gasteiger partial charge >= 0.3 is 0 Å². The van der Waals surface area contributed by atoms with Crippen molar-refractivity contribution in [3.8, 4) is 11.1 Å². The average Bonchev–Trinajstić information content (AvgIpc) is 2.93. The molecule has 2 heterocycles. The SMILES string of the molecule is CCCCCCCCCCCCCCCCc1ccnc(N=Nc2ccccn2)c1-c1ccccc1.Cl.N. The lowest BCUT2D eigenvalue weighted by atomic mass is 9.96. The van der Waals surface area contributed by atoms with Crippen molar-refractivity contribution in [3.63, 3.8) is 0 Å². The number of rotatable bonds is 18. The van der Waals surface area contributed by atoms with E-state index in [2.05, 4.69) is 57.5 Å².